The largest absolute Gasteiger partial charge is 0.335 e. The van der Waals surface area contributed by atoms with Crippen LogP contribution in [0.2, 0.25) is 0 Å². The average molecular weight is 592 g/mol. The molecule has 1 aliphatic rings. The highest BCUT2D eigenvalue weighted by Crippen LogP contribution is 2.20. The lowest BCUT2D eigenvalue weighted by Crippen LogP contribution is -2.50. The predicted molar refractivity (Wildman–Crippen MR) is 143 cm³/mol. The summed E-state index contributed by atoms with van der Waals surface area (Å²) in [6.07, 6.45) is 0.330. The van der Waals surface area contributed by atoms with Crippen molar-refractivity contribution >= 4 is 45.2 Å². The van der Waals surface area contributed by atoms with Gasteiger partial charge in [0.05, 0.1) is 16.6 Å². The summed E-state index contributed by atoms with van der Waals surface area (Å²) >= 11 is 2.19. The van der Waals surface area contributed by atoms with E-state index in [-0.39, 0.29) is 17.0 Å². The number of hydrogen-bond acceptors (Lipinski definition) is 4. The van der Waals surface area contributed by atoms with Crippen molar-refractivity contribution in [3.63, 3.8) is 0 Å². The van der Waals surface area contributed by atoms with Crippen LogP contribution in [0.5, 0.6) is 0 Å². The molecule has 7 nitrogen and oxygen atoms in total. The molecule has 1 aliphatic heterocycles. The molecular formula is C27H22FIN4O3. The second-order valence-corrected chi connectivity index (χ2v) is 9.87. The van der Waals surface area contributed by atoms with Crippen LogP contribution in [0.15, 0.2) is 71.5 Å². The Kier molecular flexibility index (Phi) is 6.82. The number of nitrogens with one attached hydrogen (secondary N) is 1. The Hall–Kier alpha value is -3.60. The molecule has 0 aliphatic carbocycles. The van der Waals surface area contributed by atoms with E-state index >= 15 is 0 Å². The highest BCUT2D eigenvalue weighted by atomic mass is 123. The van der Waals surface area contributed by atoms with Gasteiger partial charge in [-0.05, 0) is 70.6 Å². The first-order valence-corrected chi connectivity index (χ1v) is 12.6. The van der Waals surface area contributed by atoms with E-state index in [4.69, 9.17) is 0 Å². The minimum Gasteiger partial charge on any atom is -0.335 e. The van der Waals surface area contributed by atoms with E-state index in [1.165, 1.54) is 6.07 Å². The first-order chi connectivity index (χ1) is 17.4. The fraction of sp³-hybridized carbons (Fsp3) is 0.185. The summed E-state index contributed by atoms with van der Waals surface area (Å²) in [7, 11) is 0. The van der Waals surface area contributed by atoms with E-state index in [0.717, 1.165) is 3.57 Å². The smallest absolute Gasteiger partial charge is 0.272 e. The Morgan fingerprint density at radius 3 is 2.22 bits per heavy atom. The van der Waals surface area contributed by atoms with E-state index in [1.54, 1.807) is 46.2 Å². The molecule has 0 bridgehead atoms. The molecule has 1 saturated heterocycles. The number of benzene rings is 3. The van der Waals surface area contributed by atoms with Crippen LogP contribution in [0.25, 0.3) is 10.8 Å². The predicted octanol–water partition coefficient (Wildman–Crippen LogP) is 3.86. The van der Waals surface area contributed by atoms with Crippen LogP contribution in [0.4, 0.5) is 4.39 Å². The molecule has 1 fully saturated rings. The minimum atomic E-state index is -0.597. The molecule has 2 heterocycles. The van der Waals surface area contributed by atoms with Crippen LogP contribution in [0.1, 0.15) is 32.0 Å². The molecule has 9 heteroatoms. The molecule has 182 valence electrons. The molecule has 4 aromatic rings. The van der Waals surface area contributed by atoms with E-state index in [2.05, 4.69) is 32.8 Å². The number of nitrogens with zero attached hydrogens (tertiary/aromatic N) is 3. The van der Waals surface area contributed by atoms with Crippen molar-refractivity contribution in [3.8, 4) is 0 Å². The van der Waals surface area contributed by atoms with Gasteiger partial charge in [-0.15, -0.1) is 0 Å². The lowest BCUT2D eigenvalue weighted by Gasteiger charge is -2.35. The summed E-state index contributed by atoms with van der Waals surface area (Å²) in [5, 5.41) is 7.92. The highest BCUT2D eigenvalue weighted by molar-refractivity contribution is 14.1. The van der Waals surface area contributed by atoms with Crippen molar-refractivity contribution in [1.82, 2.24) is 20.0 Å². The normalized spacial score (nSPS) is 13.7. The SMILES string of the molecule is O=C(c1ccc([123I])cc1)N1CCN(C(=O)c2cc(Cc3n[nH]c(=O)c4ccccc34)ccc2F)CC1. The minimum absolute atomic E-state index is 0.0151. The number of piperazine rings is 1. The third-order valence-corrected chi connectivity index (χ3v) is 7.07. The van der Waals surface area contributed by atoms with Crippen molar-refractivity contribution in [2.75, 3.05) is 26.2 Å². The van der Waals surface area contributed by atoms with Crippen LogP contribution in [0.3, 0.4) is 0 Å². The zero-order valence-electron chi connectivity index (χ0n) is 19.2. The van der Waals surface area contributed by atoms with Gasteiger partial charge in [-0.25, -0.2) is 9.49 Å². The van der Waals surface area contributed by atoms with Crippen LogP contribution in [0, 0.1) is 9.39 Å². The van der Waals surface area contributed by atoms with Gasteiger partial charge in [0, 0.05) is 47.1 Å². The molecule has 1 N–H and O–H groups in total. The molecule has 5 rings (SSSR count). The Labute approximate surface area is 220 Å². The van der Waals surface area contributed by atoms with E-state index < -0.39 is 11.7 Å². The zero-order valence-corrected chi connectivity index (χ0v) is 21.4. The number of amides is 2. The summed E-state index contributed by atoms with van der Waals surface area (Å²) in [5.41, 5.74) is 1.66. The van der Waals surface area contributed by atoms with E-state index in [1.807, 2.05) is 24.3 Å². The number of carbonyl (C=O) groups excluding carboxylic acids is 2. The van der Waals surface area contributed by atoms with E-state index in [9.17, 15) is 18.8 Å². The topological polar surface area (TPSA) is 86.4 Å². The van der Waals surface area contributed by atoms with Crippen molar-refractivity contribution < 1.29 is 14.0 Å². The Morgan fingerprint density at radius 2 is 1.53 bits per heavy atom. The molecule has 1 aromatic heterocycles. The Balaban J connectivity index is 1.30. The van der Waals surface area contributed by atoms with Crippen LogP contribution in [-0.4, -0.2) is 58.0 Å². The van der Waals surface area contributed by atoms with E-state index in [0.29, 0.717) is 60.2 Å². The molecule has 0 unspecified atom stereocenters. The second-order valence-electron chi connectivity index (χ2n) is 8.63. The lowest BCUT2D eigenvalue weighted by molar-refractivity contribution is 0.0532. The molecule has 0 spiro atoms. The number of hydrogen-bond donors (Lipinski definition) is 1. The van der Waals surface area contributed by atoms with Crippen molar-refractivity contribution in [1.29, 1.82) is 0 Å². The number of rotatable bonds is 4. The highest BCUT2D eigenvalue weighted by Gasteiger charge is 2.27. The third-order valence-electron chi connectivity index (χ3n) is 6.35. The Morgan fingerprint density at radius 1 is 0.889 bits per heavy atom. The maximum absolute atomic E-state index is 14.7. The number of fused-ring (bicyclic) bond motifs is 1. The van der Waals surface area contributed by atoms with Gasteiger partial charge in [-0.1, -0.05) is 24.3 Å². The van der Waals surface area contributed by atoms with Crippen LogP contribution < -0.4 is 5.56 Å². The number of halogens is 2. The molecule has 3 aromatic carbocycles. The molecule has 36 heavy (non-hydrogen) atoms. The van der Waals surface area contributed by atoms with Gasteiger partial charge in [0.1, 0.15) is 5.82 Å². The first kappa shape index (κ1) is 24.1. The van der Waals surface area contributed by atoms with Gasteiger partial charge in [0.25, 0.3) is 17.4 Å². The van der Waals surface area contributed by atoms with Gasteiger partial charge in [-0.3, -0.25) is 14.4 Å². The molecule has 0 atom stereocenters. The van der Waals surface area contributed by atoms with Gasteiger partial charge in [0.2, 0.25) is 0 Å². The third kappa shape index (κ3) is 4.88. The molecule has 0 saturated carbocycles. The fourth-order valence-corrected chi connectivity index (χ4v) is 4.76. The quantitative estimate of drug-likeness (QED) is 0.365. The fourth-order valence-electron chi connectivity index (χ4n) is 4.40. The van der Waals surface area contributed by atoms with Gasteiger partial charge in [-0.2, -0.15) is 5.10 Å². The van der Waals surface area contributed by atoms with Crippen molar-refractivity contribution in [2.45, 2.75) is 6.42 Å². The molecule has 0 radical (unpaired) electrons. The summed E-state index contributed by atoms with van der Waals surface area (Å²) in [4.78, 5) is 41.3. The van der Waals surface area contributed by atoms with Gasteiger partial charge < -0.3 is 9.80 Å². The monoisotopic (exact) mass is 592 g/mol. The maximum Gasteiger partial charge on any atom is 0.272 e. The summed E-state index contributed by atoms with van der Waals surface area (Å²) in [6, 6.07) is 19.0. The summed E-state index contributed by atoms with van der Waals surface area (Å²) in [6.45, 7) is 1.41. The van der Waals surface area contributed by atoms with Crippen molar-refractivity contribution in [2.24, 2.45) is 0 Å². The molecule has 2 amide bonds. The Bertz CT molecular complexity index is 1510. The number of aromatic nitrogens is 2. The standard InChI is InChI=1S/C27H22FIN4O3/c28-23-10-5-17(16-24-20-3-1-2-4-21(20)25(34)31-30-24)15-22(23)27(36)33-13-11-32(12-14-33)26(35)18-6-8-19(29)9-7-18/h1-10,15H,11-14,16H2,(H,31,34)/i29-4. The maximum atomic E-state index is 14.7. The second kappa shape index (κ2) is 10.2. The van der Waals surface area contributed by atoms with Gasteiger partial charge in [0.15, 0.2) is 0 Å². The number of carbonyl (C=O) groups is 2. The summed E-state index contributed by atoms with van der Waals surface area (Å²) in [5.74, 6) is -1.08. The number of aromatic amines is 1. The van der Waals surface area contributed by atoms with Crippen molar-refractivity contribution in [3.05, 3.63) is 109 Å². The zero-order chi connectivity index (χ0) is 25.2. The summed E-state index contributed by atoms with van der Waals surface area (Å²) < 4.78 is 15.8. The molecular weight excluding hydrogens is 570 g/mol. The first-order valence-electron chi connectivity index (χ1n) is 11.5. The van der Waals surface area contributed by atoms with Gasteiger partial charge >= 0.3 is 0 Å². The lowest BCUT2D eigenvalue weighted by atomic mass is 10.0. The average Bonchev–Trinajstić information content (AvgIpc) is 2.91. The van der Waals surface area contributed by atoms with Crippen LogP contribution in [-0.2, 0) is 6.42 Å². The van der Waals surface area contributed by atoms with Crippen LogP contribution >= 0.6 is 22.6 Å². The number of H-pyrrole nitrogens is 1.